The predicted octanol–water partition coefficient (Wildman–Crippen LogP) is 4.30. The van der Waals surface area contributed by atoms with E-state index < -0.39 is 0 Å². The molecule has 0 bridgehead atoms. The minimum absolute atomic E-state index is 0.152. The summed E-state index contributed by atoms with van der Waals surface area (Å²) in [5, 5.41) is 7.69. The van der Waals surface area contributed by atoms with Gasteiger partial charge in [0.25, 0.3) is 5.91 Å². The number of hydrogen-bond acceptors (Lipinski definition) is 4. The summed E-state index contributed by atoms with van der Waals surface area (Å²) in [5.41, 5.74) is 4.42. The van der Waals surface area contributed by atoms with E-state index in [-0.39, 0.29) is 17.3 Å². The molecule has 1 fully saturated rings. The smallest absolute Gasteiger partial charge is 0.271 e. The van der Waals surface area contributed by atoms with Gasteiger partial charge in [-0.3, -0.25) is 14.4 Å². The van der Waals surface area contributed by atoms with Crippen molar-refractivity contribution in [3.05, 3.63) is 71.7 Å². The third kappa shape index (κ3) is 5.65. The molecule has 1 saturated heterocycles. The summed E-state index contributed by atoms with van der Waals surface area (Å²) in [7, 11) is 0. The van der Waals surface area contributed by atoms with Crippen LogP contribution in [0.15, 0.2) is 54.6 Å². The van der Waals surface area contributed by atoms with Crippen molar-refractivity contribution in [2.45, 2.75) is 33.2 Å². The number of amides is 1. The Morgan fingerprint density at radius 1 is 1.00 bits per heavy atom. The summed E-state index contributed by atoms with van der Waals surface area (Å²) in [6.07, 6.45) is 0. The highest BCUT2D eigenvalue weighted by molar-refractivity contribution is 5.93. The van der Waals surface area contributed by atoms with Gasteiger partial charge in [-0.2, -0.15) is 5.10 Å². The third-order valence-electron chi connectivity index (χ3n) is 6.20. The molecule has 1 aliphatic heterocycles. The average Bonchev–Trinajstić information content (AvgIpc) is 3.27. The van der Waals surface area contributed by atoms with Crippen molar-refractivity contribution in [3.63, 3.8) is 0 Å². The van der Waals surface area contributed by atoms with E-state index in [2.05, 4.69) is 72.2 Å². The molecule has 1 aliphatic rings. The largest absolute Gasteiger partial charge is 0.369 e. The average molecular weight is 464 g/mol. The normalized spacial score (nSPS) is 14.9. The van der Waals surface area contributed by atoms with Crippen LogP contribution >= 0.6 is 0 Å². The number of aryl methyl sites for hydroxylation is 1. The zero-order chi connectivity index (χ0) is 24.3. The van der Waals surface area contributed by atoms with Crippen LogP contribution in [-0.4, -0.2) is 59.9 Å². The van der Waals surface area contributed by atoms with Crippen molar-refractivity contribution in [1.82, 2.24) is 20.0 Å². The maximum Gasteiger partial charge on any atom is 0.271 e. The molecule has 2 aromatic carbocycles. The van der Waals surface area contributed by atoms with Crippen LogP contribution in [0, 0.1) is 12.7 Å². The maximum atomic E-state index is 13.2. The molecule has 0 atom stereocenters. The van der Waals surface area contributed by atoms with Gasteiger partial charge < -0.3 is 10.2 Å². The molecule has 0 spiro atoms. The van der Waals surface area contributed by atoms with Crippen LogP contribution in [0.5, 0.6) is 0 Å². The molecule has 0 unspecified atom stereocenters. The lowest BCUT2D eigenvalue weighted by atomic mass is 10.1. The Hall–Kier alpha value is -3.19. The lowest BCUT2D eigenvalue weighted by molar-refractivity contribution is 0.0941. The summed E-state index contributed by atoms with van der Waals surface area (Å²) < 4.78 is 15.1. The summed E-state index contributed by atoms with van der Waals surface area (Å²) in [4.78, 5) is 17.5. The predicted molar refractivity (Wildman–Crippen MR) is 135 cm³/mol. The lowest BCUT2D eigenvalue weighted by Crippen LogP contribution is -2.48. The highest BCUT2D eigenvalue weighted by Gasteiger charge is 2.23. The van der Waals surface area contributed by atoms with Crippen molar-refractivity contribution in [1.29, 1.82) is 0 Å². The Labute approximate surface area is 201 Å². The molecule has 4 rings (SSSR count). The number of carbonyl (C=O) groups excluding carboxylic acids is 1. The standard InChI is InChI=1S/C27H34FN5O/c1-20-5-7-21(8-6-20)25-19-24(30-33(25)27(2,3)4)26(34)29-13-14-31-15-17-32(18-16-31)23-11-9-22(28)10-12-23/h5-12,19H,13-18H2,1-4H3,(H,29,34). The second-order valence-electron chi connectivity index (χ2n) is 9.92. The van der Waals surface area contributed by atoms with Crippen molar-refractivity contribution in [2.24, 2.45) is 0 Å². The molecule has 34 heavy (non-hydrogen) atoms. The Morgan fingerprint density at radius 3 is 2.26 bits per heavy atom. The second-order valence-corrected chi connectivity index (χ2v) is 9.92. The number of hydrogen-bond donors (Lipinski definition) is 1. The van der Waals surface area contributed by atoms with Crippen molar-refractivity contribution >= 4 is 11.6 Å². The van der Waals surface area contributed by atoms with E-state index in [1.807, 2.05) is 22.9 Å². The highest BCUT2D eigenvalue weighted by Crippen LogP contribution is 2.27. The van der Waals surface area contributed by atoms with Gasteiger partial charge in [0, 0.05) is 45.0 Å². The first-order chi connectivity index (χ1) is 16.2. The number of nitrogens with zero attached hydrogens (tertiary/aromatic N) is 4. The Balaban J connectivity index is 1.33. The fourth-order valence-corrected chi connectivity index (χ4v) is 4.23. The van der Waals surface area contributed by atoms with Crippen molar-refractivity contribution in [3.8, 4) is 11.3 Å². The Morgan fingerprint density at radius 2 is 1.65 bits per heavy atom. The van der Waals surface area contributed by atoms with Crippen molar-refractivity contribution in [2.75, 3.05) is 44.2 Å². The van der Waals surface area contributed by atoms with Crippen LogP contribution < -0.4 is 10.2 Å². The van der Waals surface area contributed by atoms with Crippen LogP contribution in [0.1, 0.15) is 36.8 Å². The van der Waals surface area contributed by atoms with Gasteiger partial charge >= 0.3 is 0 Å². The zero-order valence-corrected chi connectivity index (χ0v) is 20.5. The van der Waals surface area contributed by atoms with Crippen LogP contribution in [0.3, 0.4) is 0 Å². The van der Waals surface area contributed by atoms with Gasteiger partial charge in [0.1, 0.15) is 5.82 Å². The SMILES string of the molecule is Cc1ccc(-c2cc(C(=O)NCCN3CCN(c4ccc(F)cc4)CC3)nn2C(C)(C)C)cc1. The molecule has 180 valence electrons. The number of carbonyl (C=O) groups is 1. The number of anilines is 1. The monoisotopic (exact) mass is 463 g/mol. The minimum atomic E-state index is -0.247. The van der Waals surface area contributed by atoms with E-state index in [0.29, 0.717) is 12.2 Å². The van der Waals surface area contributed by atoms with Gasteiger partial charge in [0.15, 0.2) is 5.69 Å². The molecule has 2 heterocycles. The molecule has 7 heteroatoms. The van der Waals surface area contributed by atoms with E-state index >= 15 is 0 Å². The minimum Gasteiger partial charge on any atom is -0.369 e. The summed E-state index contributed by atoms with van der Waals surface area (Å²) in [6.45, 7) is 13.3. The summed E-state index contributed by atoms with van der Waals surface area (Å²) in [6, 6.07) is 16.8. The fourth-order valence-electron chi connectivity index (χ4n) is 4.23. The quantitative estimate of drug-likeness (QED) is 0.592. The molecule has 1 N–H and O–H groups in total. The molecular weight excluding hydrogens is 429 g/mol. The van der Waals surface area contributed by atoms with Crippen LogP contribution in [0.4, 0.5) is 10.1 Å². The number of halogens is 1. The topological polar surface area (TPSA) is 53.4 Å². The van der Waals surface area contributed by atoms with Crippen molar-refractivity contribution < 1.29 is 9.18 Å². The number of benzene rings is 2. The first-order valence-corrected chi connectivity index (χ1v) is 11.9. The summed E-state index contributed by atoms with van der Waals surface area (Å²) in [5.74, 6) is -0.363. The van der Waals surface area contributed by atoms with Gasteiger partial charge in [-0.05, 0) is 63.6 Å². The van der Waals surface area contributed by atoms with E-state index in [0.717, 1.165) is 49.7 Å². The zero-order valence-electron chi connectivity index (χ0n) is 20.5. The molecule has 0 aliphatic carbocycles. The molecule has 6 nitrogen and oxygen atoms in total. The van der Waals surface area contributed by atoms with E-state index in [1.165, 1.54) is 17.7 Å². The Kier molecular flexibility index (Phi) is 7.03. The van der Waals surface area contributed by atoms with Gasteiger partial charge in [-0.15, -0.1) is 0 Å². The number of aromatic nitrogens is 2. The molecule has 3 aromatic rings. The lowest BCUT2D eigenvalue weighted by Gasteiger charge is -2.36. The van der Waals surface area contributed by atoms with Gasteiger partial charge in [0.05, 0.1) is 11.2 Å². The van der Waals surface area contributed by atoms with Gasteiger partial charge in [-0.1, -0.05) is 29.8 Å². The van der Waals surface area contributed by atoms with Crippen LogP contribution in [-0.2, 0) is 5.54 Å². The van der Waals surface area contributed by atoms with Crippen LogP contribution in [0.2, 0.25) is 0 Å². The molecule has 0 radical (unpaired) electrons. The molecule has 0 saturated carbocycles. The molecule has 1 aromatic heterocycles. The number of nitrogens with one attached hydrogen (secondary N) is 1. The third-order valence-corrected chi connectivity index (χ3v) is 6.20. The van der Waals surface area contributed by atoms with Gasteiger partial charge in [0.2, 0.25) is 0 Å². The maximum absolute atomic E-state index is 13.2. The van der Waals surface area contributed by atoms with E-state index in [9.17, 15) is 9.18 Å². The Bertz CT molecular complexity index is 1110. The van der Waals surface area contributed by atoms with E-state index in [4.69, 9.17) is 0 Å². The first-order valence-electron chi connectivity index (χ1n) is 11.9. The van der Waals surface area contributed by atoms with E-state index in [1.54, 1.807) is 0 Å². The molecule has 1 amide bonds. The number of piperazine rings is 1. The first kappa shape index (κ1) is 24.0. The van der Waals surface area contributed by atoms with Gasteiger partial charge in [-0.25, -0.2) is 4.39 Å². The number of rotatable bonds is 6. The highest BCUT2D eigenvalue weighted by atomic mass is 19.1. The summed E-state index contributed by atoms with van der Waals surface area (Å²) >= 11 is 0. The van der Waals surface area contributed by atoms with Crippen LogP contribution in [0.25, 0.3) is 11.3 Å². The second kappa shape index (κ2) is 9.97. The molecular formula is C27H34FN5O. The fraction of sp³-hybridized carbons (Fsp3) is 0.407.